The fourth-order valence-corrected chi connectivity index (χ4v) is 10.0. The van der Waals surface area contributed by atoms with Crippen molar-refractivity contribution >= 4 is 11.8 Å². The molecule has 0 aromatic heterocycles. The molecule has 1 saturated carbocycles. The average molecular weight is 825 g/mol. The summed E-state index contributed by atoms with van der Waals surface area (Å²) in [5.41, 5.74) is 2.58. The number of carbonyl (C=O) groups is 1. The number of carbonyl (C=O) groups excluding carboxylic acids is 1. The standard InChI is InChI=1S/C48H76N2O9/c1-4-7-8-9-10-11-12-13-14-20-32-56-47(54)50(27-5-2)43-35-41(49-59-44-24-17-21-31-55-44)39-33-36(22-15-18-28-51)38(23-16-19-29-52)45-40-34-37(53)25-26-42(40)58-48(43,46(39)45)57-30-6-3/h6,25-26,33-34,36,38,43-46,51-53H,3-5,7-24,27-32,35H2,1-2H3. The summed E-state index contributed by atoms with van der Waals surface area (Å²) in [5, 5.41) is 35.6. The first-order valence-corrected chi connectivity index (χ1v) is 23.4. The quantitative estimate of drug-likeness (QED) is 0.0449. The molecule has 2 heterocycles. The van der Waals surface area contributed by atoms with Crippen LogP contribution in [0.3, 0.4) is 0 Å². The molecule has 2 fully saturated rings. The molecule has 332 valence electrons. The van der Waals surface area contributed by atoms with E-state index in [1.807, 2.05) is 12.1 Å². The van der Waals surface area contributed by atoms with Crippen molar-refractivity contribution in [2.24, 2.45) is 22.9 Å². The van der Waals surface area contributed by atoms with Gasteiger partial charge in [0, 0.05) is 44.1 Å². The lowest BCUT2D eigenvalue weighted by molar-refractivity contribution is -0.255. The number of benzene rings is 1. The third kappa shape index (κ3) is 12.5. The zero-order valence-corrected chi connectivity index (χ0v) is 36.3. The fourth-order valence-electron chi connectivity index (χ4n) is 10.0. The minimum atomic E-state index is -1.36. The number of phenolic OH excluding ortho intramolecular Hbond substituents is 1. The van der Waals surface area contributed by atoms with Crippen molar-refractivity contribution in [2.45, 2.75) is 173 Å². The van der Waals surface area contributed by atoms with Crippen molar-refractivity contribution in [3.8, 4) is 11.5 Å². The second kappa shape index (κ2) is 25.0. The molecule has 1 aromatic rings. The van der Waals surface area contributed by atoms with E-state index in [1.165, 1.54) is 44.9 Å². The lowest BCUT2D eigenvalue weighted by Crippen LogP contribution is -2.70. The van der Waals surface area contributed by atoms with Crippen LogP contribution in [0, 0.1) is 17.8 Å². The Hall–Kier alpha value is -3.12. The van der Waals surface area contributed by atoms with Gasteiger partial charge in [0.25, 0.3) is 0 Å². The maximum Gasteiger partial charge on any atom is 0.410 e. The van der Waals surface area contributed by atoms with E-state index in [1.54, 1.807) is 17.0 Å². The second-order valence-corrected chi connectivity index (χ2v) is 17.2. The minimum absolute atomic E-state index is 0.0793. The summed E-state index contributed by atoms with van der Waals surface area (Å²) in [6, 6.07) is 4.64. The molecule has 7 atom stereocenters. The first-order valence-electron chi connectivity index (χ1n) is 23.4. The van der Waals surface area contributed by atoms with E-state index < -0.39 is 30.1 Å². The highest BCUT2D eigenvalue weighted by Crippen LogP contribution is 2.62. The van der Waals surface area contributed by atoms with E-state index in [9.17, 15) is 20.1 Å². The van der Waals surface area contributed by atoms with Gasteiger partial charge in [-0.05, 0) is 87.0 Å². The molecule has 7 unspecified atom stereocenters. The largest absolute Gasteiger partial charge is 0.508 e. The summed E-state index contributed by atoms with van der Waals surface area (Å²) < 4.78 is 26.3. The second-order valence-electron chi connectivity index (χ2n) is 17.2. The highest BCUT2D eigenvalue weighted by molar-refractivity contribution is 6.03. The molecule has 3 N–H and O–H groups in total. The van der Waals surface area contributed by atoms with Crippen LogP contribution in [0.2, 0.25) is 0 Å². The van der Waals surface area contributed by atoms with Crippen LogP contribution in [0.4, 0.5) is 4.79 Å². The van der Waals surface area contributed by atoms with Gasteiger partial charge in [0.1, 0.15) is 17.5 Å². The van der Waals surface area contributed by atoms with Crippen LogP contribution < -0.4 is 4.74 Å². The molecule has 4 aliphatic rings. The molecule has 11 heteroatoms. The Labute approximate surface area is 354 Å². The van der Waals surface area contributed by atoms with Crippen LogP contribution in [-0.2, 0) is 19.0 Å². The molecular formula is C48H76N2O9. The zero-order valence-electron chi connectivity index (χ0n) is 36.3. The maximum absolute atomic E-state index is 14.5. The number of allylic oxidation sites excluding steroid dienone is 1. The lowest BCUT2D eigenvalue weighted by atomic mass is 9.55. The summed E-state index contributed by atoms with van der Waals surface area (Å²) in [6.45, 7) is 10.1. The van der Waals surface area contributed by atoms with Gasteiger partial charge in [0.15, 0.2) is 0 Å². The number of ether oxygens (including phenoxy) is 4. The first kappa shape index (κ1) is 46.9. The van der Waals surface area contributed by atoms with E-state index in [-0.39, 0.29) is 43.3 Å². The average Bonchev–Trinajstić information content (AvgIpc) is 3.25. The molecule has 2 aliphatic carbocycles. The molecule has 1 saturated heterocycles. The molecule has 1 aromatic carbocycles. The Morgan fingerprint density at radius 2 is 1.68 bits per heavy atom. The number of nitrogens with zero attached hydrogens (tertiary/aromatic N) is 2. The Morgan fingerprint density at radius 3 is 2.36 bits per heavy atom. The van der Waals surface area contributed by atoms with Gasteiger partial charge < -0.3 is 39.1 Å². The van der Waals surface area contributed by atoms with E-state index in [4.69, 9.17) is 28.9 Å². The van der Waals surface area contributed by atoms with Gasteiger partial charge >= 0.3 is 6.09 Å². The summed E-state index contributed by atoms with van der Waals surface area (Å²) in [4.78, 5) is 22.5. The summed E-state index contributed by atoms with van der Waals surface area (Å²) in [6.07, 6.45) is 23.6. The minimum Gasteiger partial charge on any atom is -0.508 e. The molecule has 2 aliphatic heterocycles. The number of aliphatic hydroxyl groups is 2. The molecule has 0 bridgehead atoms. The van der Waals surface area contributed by atoms with Gasteiger partial charge in [0.2, 0.25) is 12.1 Å². The van der Waals surface area contributed by atoms with Crippen LogP contribution in [0.5, 0.6) is 11.5 Å². The van der Waals surface area contributed by atoms with Gasteiger partial charge in [-0.1, -0.05) is 102 Å². The molecule has 5 rings (SSSR count). The number of unbranched alkanes of at least 4 members (excludes halogenated alkanes) is 11. The predicted molar refractivity (Wildman–Crippen MR) is 231 cm³/mol. The lowest BCUT2D eigenvalue weighted by Gasteiger charge is -2.59. The van der Waals surface area contributed by atoms with Crippen molar-refractivity contribution in [3.05, 3.63) is 48.1 Å². The zero-order chi connectivity index (χ0) is 41.9. The van der Waals surface area contributed by atoms with Crippen LogP contribution in [0.15, 0.2) is 47.7 Å². The maximum atomic E-state index is 14.5. The number of fused-ring (bicyclic) bond motifs is 2. The molecule has 59 heavy (non-hydrogen) atoms. The number of aliphatic hydroxyl groups excluding tert-OH is 2. The van der Waals surface area contributed by atoms with E-state index in [0.717, 1.165) is 81.1 Å². The van der Waals surface area contributed by atoms with Gasteiger partial charge in [-0.2, -0.15) is 0 Å². The normalized spacial score (nSPS) is 26.6. The van der Waals surface area contributed by atoms with Crippen LogP contribution in [-0.4, -0.2) is 89.7 Å². The molecular weight excluding hydrogens is 749 g/mol. The van der Waals surface area contributed by atoms with Crippen molar-refractivity contribution < 1.29 is 43.9 Å². The van der Waals surface area contributed by atoms with E-state index in [2.05, 4.69) is 26.5 Å². The summed E-state index contributed by atoms with van der Waals surface area (Å²) >= 11 is 0. The number of hydrogen-bond acceptors (Lipinski definition) is 10. The molecule has 0 spiro atoms. The van der Waals surface area contributed by atoms with Crippen molar-refractivity contribution in [1.82, 2.24) is 4.90 Å². The van der Waals surface area contributed by atoms with Crippen LogP contribution in [0.1, 0.15) is 160 Å². The van der Waals surface area contributed by atoms with Gasteiger partial charge in [-0.15, -0.1) is 6.58 Å². The highest BCUT2D eigenvalue weighted by Gasteiger charge is 2.65. The third-order valence-electron chi connectivity index (χ3n) is 12.9. The topological polar surface area (TPSA) is 140 Å². The molecule has 0 radical (unpaired) electrons. The van der Waals surface area contributed by atoms with E-state index in [0.29, 0.717) is 51.2 Å². The third-order valence-corrected chi connectivity index (χ3v) is 12.9. The van der Waals surface area contributed by atoms with Crippen molar-refractivity contribution in [1.29, 1.82) is 0 Å². The van der Waals surface area contributed by atoms with Gasteiger partial charge in [-0.25, -0.2) is 4.79 Å². The van der Waals surface area contributed by atoms with Crippen LogP contribution in [0.25, 0.3) is 0 Å². The highest BCUT2D eigenvalue weighted by atomic mass is 16.8. The number of aromatic hydroxyl groups is 1. The Bertz CT molecular complexity index is 1480. The Balaban J connectivity index is 1.53. The number of hydrogen-bond donors (Lipinski definition) is 3. The number of oxime groups is 1. The van der Waals surface area contributed by atoms with Crippen molar-refractivity contribution in [2.75, 3.05) is 39.6 Å². The molecule has 11 nitrogen and oxygen atoms in total. The Kier molecular flexibility index (Phi) is 19.9. The smallest absolute Gasteiger partial charge is 0.410 e. The van der Waals surface area contributed by atoms with Crippen molar-refractivity contribution in [3.63, 3.8) is 0 Å². The number of rotatable bonds is 27. The first-order chi connectivity index (χ1) is 28.9. The van der Waals surface area contributed by atoms with Gasteiger partial charge in [0.05, 0.1) is 31.5 Å². The number of amides is 1. The van der Waals surface area contributed by atoms with Gasteiger partial charge in [-0.3, -0.25) is 4.90 Å². The fraction of sp³-hybridized carbons (Fsp3) is 0.750. The summed E-state index contributed by atoms with van der Waals surface area (Å²) in [5.74, 6) is -1.04. The predicted octanol–water partition coefficient (Wildman–Crippen LogP) is 10.3. The number of phenols is 1. The van der Waals surface area contributed by atoms with Crippen LogP contribution >= 0.6 is 0 Å². The Morgan fingerprint density at radius 1 is 0.949 bits per heavy atom. The summed E-state index contributed by atoms with van der Waals surface area (Å²) in [7, 11) is 0. The SMILES string of the molecule is C=CCOC12Oc3ccc(O)cc3C3C(CCCCO)C(CCCCO)C=C(C(=NOC4CCCCO4)CC1N(CCC)C(=O)OCCCCCCCCCCCC)C32. The van der Waals surface area contributed by atoms with E-state index >= 15 is 0 Å². The monoisotopic (exact) mass is 825 g/mol. The molecule has 1 amide bonds.